The third-order valence-corrected chi connectivity index (χ3v) is 4.61. The highest BCUT2D eigenvalue weighted by Crippen LogP contribution is 2.26. The Morgan fingerprint density at radius 2 is 1.96 bits per heavy atom. The lowest BCUT2D eigenvalue weighted by molar-refractivity contribution is 0.598. The maximum absolute atomic E-state index is 13.3. The van der Waals surface area contributed by atoms with Crippen molar-refractivity contribution in [3.05, 3.63) is 52.9 Å². The first-order chi connectivity index (χ1) is 10.8. The molecule has 0 spiro atoms. The number of benzene rings is 2. The summed E-state index contributed by atoms with van der Waals surface area (Å²) in [7, 11) is -3.89. The van der Waals surface area contributed by atoms with Crippen LogP contribution in [0.3, 0.4) is 0 Å². The summed E-state index contributed by atoms with van der Waals surface area (Å²) in [5.74, 6) is -0.242. The molecule has 0 saturated carbocycles. The van der Waals surface area contributed by atoms with Gasteiger partial charge in [0.05, 0.1) is 11.2 Å². The second kappa shape index (κ2) is 5.84. The van der Waals surface area contributed by atoms with E-state index in [4.69, 9.17) is 5.14 Å². The second-order valence-corrected chi connectivity index (χ2v) is 7.07. The van der Waals surface area contributed by atoms with Crippen molar-refractivity contribution in [3.63, 3.8) is 0 Å². The van der Waals surface area contributed by atoms with Gasteiger partial charge in [0.25, 0.3) is 0 Å². The highest BCUT2D eigenvalue weighted by Gasteiger charge is 2.14. The first kappa shape index (κ1) is 15.8. The second-order valence-electron chi connectivity index (χ2n) is 4.69. The average molecular weight is 397 g/mol. The summed E-state index contributed by atoms with van der Waals surface area (Å²) in [5.41, 5.74) is 0.754. The fourth-order valence-corrected chi connectivity index (χ4v) is 3.30. The van der Waals surface area contributed by atoms with Crippen molar-refractivity contribution in [1.29, 1.82) is 0 Å². The highest BCUT2D eigenvalue weighted by atomic mass is 79.9. The number of halogens is 2. The molecule has 0 fully saturated rings. The third-order valence-electron chi connectivity index (χ3n) is 3.04. The molecular weight excluding hydrogens is 387 g/mol. The lowest BCUT2D eigenvalue weighted by Crippen LogP contribution is -2.14. The average Bonchev–Trinajstić information content (AvgIpc) is 2.47. The molecule has 0 bridgehead atoms. The Kier molecular flexibility index (Phi) is 4.00. The maximum Gasteiger partial charge on any atom is 0.240 e. The van der Waals surface area contributed by atoms with Gasteiger partial charge in [-0.2, -0.15) is 0 Å². The quantitative estimate of drug-likeness (QED) is 0.708. The topological polar surface area (TPSA) is 98.0 Å². The van der Waals surface area contributed by atoms with Gasteiger partial charge in [-0.25, -0.2) is 27.9 Å². The molecule has 3 rings (SSSR count). The molecule has 0 aliphatic heterocycles. The maximum atomic E-state index is 13.3. The summed E-state index contributed by atoms with van der Waals surface area (Å²) < 4.78 is 37.0. The van der Waals surface area contributed by atoms with Gasteiger partial charge in [0.15, 0.2) is 0 Å². The van der Waals surface area contributed by atoms with Crippen LogP contribution in [0.4, 0.5) is 16.0 Å². The Balaban J connectivity index is 2.07. The lowest BCUT2D eigenvalue weighted by Gasteiger charge is -2.10. The normalized spacial score (nSPS) is 11.6. The number of aromatic nitrogens is 2. The number of primary sulfonamides is 1. The Morgan fingerprint density at radius 1 is 1.22 bits per heavy atom. The van der Waals surface area contributed by atoms with Gasteiger partial charge in [0.2, 0.25) is 16.0 Å². The van der Waals surface area contributed by atoms with Crippen molar-refractivity contribution < 1.29 is 12.8 Å². The van der Waals surface area contributed by atoms with E-state index in [1.165, 1.54) is 24.4 Å². The molecule has 2 aromatic carbocycles. The van der Waals surface area contributed by atoms with Crippen molar-refractivity contribution in [2.75, 3.05) is 5.32 Å². The minimum atomic E-state index is -3.89. The number of rotatable bonds is 3. The number of nitrogens with zero attached hydrogens (tertiary/aromatic N) is 2. The summed E-state index contributed by atoms with van der Waals surface area (Å²) in [6, 6.07) is 8.74. The van der Waals surface area contributed by atoms with E-state index in [1.54, 1.807) is 18.2 Å². The number of anilines is 2. The van der Waals surface area contributed by atoms with Crippen LogP contribution < -0.4 is 10.5 Å². The van der Waals surface area contributed by atoms with Gasteiger partial charge in [0, 0.05) is 16.1 Å². The smallest absolute Gasteiger partial charge is 0.240 e. The van der Waals surface area contributed by atoms with E-state index in [-0.39, 0.29) is 16.5 Å². The van der Waals surface area contributed by atoms with Crippen LogP contribution in [0.2, 0.25) is 0 Å². The first-order valence-electron chi connectivity index (χ1n) is 6.35. The molecule has 3 aromatic rings. The van der Waals surface area contributed by atoms with Crippen molar-refractivity contribution in [2.24, 2.45) is 5.14 Å². The third kappa shape index (κ3) is 3.31. The molecule has 9 heteroatoms. The van der Waals surface area contributed by atoms with E-state index in [0.29, 0.717) is 15.4 Å². The van der Waals surface area contributed by atoms with Crippen LogP contribution in [0.5, 0.6) is 0 Å². The summed E-state index contributed by atoms with van der Waals surface area (Å²) in [6.07, 6.45) is 1.44. The number of hydrogen-bond acceptors (Lipinski definition) is 5. The molecule has 1 heterocycles. The first-order valence-corrected chi connectivity index (χ1v) is 8.69. The van der Waals surface area contributed by atoms with Crippen LogP contribution in [0.15, 0.2) is 52.0 Å². The molecule has 1 aromatic heterocycles. The Hall–Kier alpha value is -2.10. The van der Waals surface area contributed by atoms with E-state index >= 15 is 0 Å². The zero-order valence-electron chi connectivity index (χ0n) is 11.5. The van der Waals surface area contributed by atoms with Crippen molar-refractivity contribution in [1.82, 2.24) is 9.97 Å². The zero-order valence-corrected chi connectivity index (χ0v) is 13.9. The van der Waals surface area contributed by atoms with Crippen LogP contribution in [-0.2, 0) is 10.0 Å². The van der Waals surface area contributed by atoms with E-state index in [2.05, 4.69) is 31.2 Å². The van der Waals surface area contributed by atoms with Gasteiger partial charge >= 0.3 is 0 Å². The molecule has 23 heavy (non-hydrogen) atoms. The SMILES string of the molecule is NS(=O)(=O)c1ccccc1Nc1ncc2cc(F)cc(Br)c2n1. The van der Waals surface area contributed by atoms with Gasteiger partial charge in [-0.05, 0) is 40.2 Å². The summed E-state index contributed by atoms with van der Waals surface area (Å²) >= 11 is 3.24. The highest BCUT2D eigenvalue weighted by molar-refractivity contribution is 9.10. The van der Waals surface area contributed by atoms with Gasteiger partial charge in [0.1, 0.15) is 10.7 Å². The number of fused-ring (bicyclic) bond motifs is 1. The molecule has 0 unspecified atom stereocenters. The largest absolute Gasteiger partial charge is 0.323 e. The van der Waals surface area contributed by atoms with Crippen molar-refractivity contribution in [3.8, 4) is 0 Å². The van der Waals surface area contributed by atoms with Gasteiger partial charge in [-0.3, -0.25) is 0 Å². The minimum Gasteiger partial charge on any atom is -0.323 e. The molecule has 0 saturated heterocycles. The molecule has 0 atom stereocenters. The zero-order chi connectivity index (χ0) is 16.6. The van der Waals surface area contributed by atoms with Crippen LogP contribution in [0, 0.1) is 5.82 Å². The standard InChI is InChI=1S/C14H10BrFN4O2S/c15-10-6-9(16)5-8-7-18-14(20-13(8)10)19-11-3-1-2-4-12(11)23(17,21)22/h1-7H,(H2,17,21,22)(H,18,19,20). The molecule has 3 N–H and O–H groups in total. The number of nitrogens with one attached hydrogen (secondary N) is 1. The lowest BCUT2D eigenvalue weighted by atomic mass is 10.2. The number of para-hydroxylation sites is 1. The molecule has 0 radical (unpaired) electrons. The Bertz CT molecular complexity index is 1010. The molecule has 0 aliphatic rings. The number of sulfonamides is 1. The molecule has 118 valence electrons. The van der Waals surface area contributed by atoms with E-state index in [1.807, 2.05) is 0 Å². The van der Waals surface area contributed by atoms with Gasteiger partial charge < -0.3 is 5.32 Å². The Morgan fingerprint density at radius 3 is 2.70 bits per heavy atom. The van der Waals surface area contributed by atoms with Crippen LogP contribution in [-0.4, -0.2) is 18.4 Å². The molecule has 0 aliphatic carbocycles. The fourth-order valence-electron chi connectivity index (χ4n) is 2.07. The summed E-state index contributed by atoms with van der Waals surface area (Å²) in [6.45, 7) is 0. The van der Waals surface area contributed by atoms with Crippen LogP contribution >= 0.6 is 15.9 Å². The molecule has 0 amide bonds. The van der Waals surface area contributed by atoms with E-state index in [9.17, 15) is 12.8 Å². The van der Waals surface area contributed by atoms with Gasteiger partial charge in [-0.1, -0.05) is 12.1 Å². The van der Waals surface area contributed by atoms with Crippen LogP contribution in [0.25, 0.3) is 10.9 Å². The van der Waals surface area contributed by atoms with Crippen LogP contribution in [0.1, 0.15) is 0 Å². The molecule has 6 nitrogen and oxygen atoms in total. The summed E-state index contributed by atoms with van der Waals surface area (Å²) in [4.78, 5) is 8.26. The van der Waals surface area contributed by atoms with Gasteiger partial charge in [-0.15, -0.1) is 0 Å². The minimum absolute atomic E-state index is 0.0677. The van der Waals surface area contributed by atoms with E-state index < -0.39 is 15.8 Å². The fraction of sp³-hybridized carbons (Fsp3) is 0. The Labute approximate surface area is 139 Å². The monoisotopic (exact) mass is 396 g/mol. The molecular formula is C14H10BrFN4O2S. The predicted molar refractivity (Wildman–Crippen MR) is 88.3 cm³/mol. The number of hydrogen-bond donors (Lipinski definition) is 2. The predicted octanol–water partition coefficient (Wildman–Crippen LogP) is 2.92. The van der Waals surface area contributed by atoms with Crippen molar-refractivity contribution >= 4 is 48.5 Å². The van der Waals surface area contributed by atoms with E-state index in [0.717, 1.165) is 0 Å². The summed E-state index contributed by atoms with van der Waals surface area (Å²) in [5, 5.41) is 8.52. The number of nitrogens with two attached hydrogens (primary N) is 1. The van der Waals surface area contributed by atoms with Crippen molar-refractivity contribution in [2.45, 2.75) is 4.90 Å².